The Morgan fingerprint density at radius 2 is 2.12 bits per heavy atom. The molecule has 2 rings (SSSR count). The first-order chi connectivity index (χ1) is 8.16. The Hall–Kier alpha value is -2.37. The van der Waals surface area contributed by atoms with Crippen molar-refractivity contribution in [3.8, 4) is 11.5 Å². The second-order valence-corrected chi connectivity index (χ2v) is 3.53. The van der Waals surface area contributed by atoms with E-state index in [1.807, 2.05) is 0 Å². The third-order valence-corrected chi connectivity index (χ3v) is 2.25. The van der Waals surface area contributed by atoms with E-state index in [4.69, 9.17) is 9.52 Å². The number of aliphatic carboxylic acids is 1. The molecule has 0 amide bonds. The van der Waals surface area contributed by atoms with Gasteiger partial charge in [0.25, 0.3) is 0 Å². The first kappa shape index (κ1) is 11.1. The van der Waals surface area contributed by atoms with Gasteiger partial charge in [0.1, 0.15) is 6.04 Å². The minimum Gasteiger partial charge on any atom is -0.480 e. The molecule has 0 aliphatic rings. The molecule has 1 atom stereocenters. The average Bonchev–Trinajstić information content (AvgIpc) is 2.83. The molecule has 1 aromatic carbocycles. The number of nitrogens with zero attached hydrogens (tertiary/aromatic N) is 2. The topological polar surface area (TPSA) is 88.3 Å². The fourth-order valence-electron chi connectivity index (χ4n) is 1.32. The predicted molar refractivity (Wildman–Crippen MR) is 60.5 cm³/mol. The summed E-state index contributed by atoms with van der Waals surface area (Å²) in [6, 6.07) is 6.46. The van der Waals surface area contributed by atoms with Crippen LogP contribution in [-0.4, -0.2) is 27.3 Å². The number of aromatic nitrogens is 2. The van der Waals surface area contributed by atoms with E-state index >= 15 is 0 Å². The smallest absolute Gasteiger partial charge is 0.325 e. The number of anilines is 1. The standard InChI is InChI=1S/C11H11N3O3/c1-7(11(15)16)13-9-4-2-8(3-5-9)10-14-12-6-17-10/h2-7,13H,1H3,(H,15,16). The molecule has 0 bridgehead atoms. The van der Waals surface area contributed by atoms with E-state index < -0.39 is 12.0 Å². The number of rotatable bonds is 4. The molecule has 0 fully saturated rings. The van der Waals surface area contributed by atoms with Crippen molar-refractivity contribution in [2.75, 3.05) is 5.32 Å². The predicted octanol–water partition coefficient (Wildman–Crippen LogP) is 1.62. The van der Waals surface area contributed by atoms with Crippen LogP contribution in [0.3, 0.4) is 0 Å². The first-order valence-electron chi connectivity index (χ1n) is 5.03. The number of carboxylic acids is 1. The number of hydrogen-bond acceptors (Lipinski definition) is 5. The van der Waals surface area contributed by atoms with Gasteiger partial charge < -0.3 is 14.8 Å². The average molecular weight is 233 g/mol. The van der Waals surface area contributed by atoms with Crippen LogP contribution in [0.4, 0.5) is 5.69 Å². The highest BCUT2D eigenvalue weighted by Gasteiger charge is 2.10. The Morgan fingerprint density at radius 3 is 2.65 bits per heavy atom. The fourth-order valence-corrected chi connectivity index (χ4v) is 1.32. The zero-order valence-electron chi connectivity index (χ0n) is 9.12. The summed E-state index contributed by atoms with van der Waals surface area (Å²) in [7, 11) is 0. The molecule has 0 spiro atoms. The van der Waals surface area contributed by atoms with Gasteiger partial charge in [-0.2, -0.15) is 0 Å². The minimum absolute atomic E-state index is 0.433. The van der Waals surface area contributed by atoms with Crippen LogP contribution in [0.2, 0.25) is 0 Å². The molecule has 17 heavy (non-hydrogen) atoms. The van der Waals surface area contributed by atoms with Crippen LogP contribution in [0, 0.1) is 0 Å². The molecule has 1 unspecified atom stereocenters. The number of benzene rings is 1. The Morgan fingerprint density at radius 1 is 1.41 bits per heavy atom. The van der Waals surface area contributed by atoms with Crippen molar-refractivity contribution in [1.29, 1.82) is 0 Å². The zero-order valence-corrected chi connectivity index (χ0v) is 9.12. The summed E-state index contributed by atoms with van der Waals surface area (Å²) in [6.07, 6.45) is 1.26. The molecule has 0 radical (unpaired) electrons. The lowest BCUT2D eigenvalue weighted by molar-refractivity contribution is -0.137. The van der Waals surface area contributed by atoms with E-state index in [1.54, 1.807) is 31.2 Å². The fraction of sp³-hybridized carbons (Fsp3) is 0.182. The normalized spacial score (nSPS) is 12.1. The summed E-state index contributed by atoms with van der Waals surface area (Å²) in [5.74, 6) is -0.464. The quantitative estimate of drug-likeness (QED) is 0.834. The number of carboxylic acid groups (broad SMARTS) is 1. The van der Waals surface area contributed by atoms with E-state index in [0.29, 0.717) is 5.89 Å². The molecule has 0 saturated carbocycles. The van der Waals surface area contributed by atoms with E-state index in [-0.39, 0.29) is 0 Å². The summed E-state index contributed by atoms with van der Waals surface area (Å²) in [5.41, 5.74) is 1.51. The highest BCUT2D eigenvalue weighted by atomic mass is 16.4. The summed E-state index contributed by atoms with van der Waals surface area (Å²) >= 11 is 0. The van der Waals surface area contributed by atoms with Gasteiger partial charge in [0.2, 0.25) is 12.3 Å². The maximum Gasteiger partial charge on any atom is 0.325 e. The van der Waals surface area contributed by atoms with Crippen molar-refractivity contribution < 1.29 is 14.3 Å². The van der Waals surface area contributed by atoms with Gasteiger partial charge in [-0.15, -0.1) is 10.2 Å². The van der Waals surface area contributed by atoms with Crippen LogP contribution in [0.5, 0.6) is 0 Å². The van der Waals surface area contributed by atoms with E-state index in [9.17, 15) is 4.79 Å². The number of nitrogens with one attached hydrogen (secondary N) is 1. The van der Waals surface area contributed by atoms with Gasteiger partial charge in [-0.25, -0.2) is 0 Å². The maximum atomic E-state index is 10.7. The molecule has 2 aromatic rings. The van der Waals surface area contributed by atoms with E-state index in [1.165, 1.54) is 6.39 Å². The van der Waals surface area contributed by atoms with Crippen LogP contribution in [0.25, 0.3) is 11.5 Å². The molecule has 88 valence electrons. The van der Waals surface area contributed by atoms with Gasteiger partial charge in [-0.3, -0.25) is 4.79 Å². The van der Waals surface area contributed by atoms with Crippen molar-refractivity contribution in [1.82, 2.24) is 10.2 Å². The van der Waals surface area contributed by atoms with Gasteiger partial charge in [-0.05, 0) is 31.2 Å². The van der Waals surface area contributed by atoms with Gasteiger partial charge in [0.15, 0.2) is 0 Å². The van der Waals surface area contributed by atoms with Crippen LogP contribution in [0.1, 0.15) is 6.92 Å². The van der Waals surface area contributed by atoms with Crippen LogP contribution in [0.15, 0.2) is 35.1 Å². The lowest BCUT2D eigenvalue weighted by Crippen LogP contribution is -2.25. The highest BCUT2D eigenvalue weighted by molar-refractivity contribution is 5.76. The van der Waals surface area contributed by atoms with Crippen LogP contribution >= 0.6 is 0 Å². The SMILES string of the molecule is CC(Nc1ccc(-c2nnco2)cc1)C(=O)O. The summed E-state index contributed by atoms with van der Waals surface area (Å²) in [5, 5.41) is 19.0. The largest absolute Gasteiger partial charge is 0.480 e. The summed E-state index contributed by atoms with van der Waals surface area (Å²) < 4.78 is 5.04. The van der Waals surface area contributed by atoms with Gasteiger partial charge in [0, 0.05) is 11.3 Å². The second kappa shape index (κ2) is 4.65. The lowest BCUT2D eigenvalue weighted by atomic mass is 10.2. The molecule has 6 heteroatoms. The molecule has 0 aliphatic carbocycles. The van der Waals surface area contributed by atoms with Gasteiger partial charge in [0.05, 0.1) is 0 Å². The van der Waals surface area contributed by atoms with Crippen molar-refractivity contribution in [2.45, 2.75) is 13.0 Å². The molecule has 1 aromatic heterocycles. The van der Waals surface area contributed by atoms with E-state index in [2.05, 4.69) is 15.5 Å². The lowest BCUT2D eigenvalue weighted by Gasteiger charge is -2.10. The molecule has 1 heterocycles. The van der Waals surface area contributed by atoms with Crippen molar-refractivity contribution in [3.05, 3.63) is 30.7 Å². The van der Waals surface area contributed by atoms with Crippen molar-refractivity contribution >= 4 is 11.7 Å². The Balaban J connectivity index is 2.11. The maximum absolute atomic E-state index is 10.7. The molecule has 0 saturated heterocycles. The summed E-state index contributed by atoms with van der Waals surface area (Å²) in [4.78, 5) is 10.7. The number of carbonyl (C=O) groups is 1. The monoisotopic (exact) mass is 233 g/mol. The molecule has 6 nitrogen and oxygen atoms in total. The third kappa shape index (κ3) is 2.60. The molecular weight excluding hydrogens is 222 g/mol. The number of hydrogen-bond donors (Lipinski definition) is 2. The zero-order chi connectivity index (χ0) is 12.3. The minimum atomic E-state index is -0.897. The molecule has 0 aliphatic heterocycles. The second-order valence-electron chi connectivity index (χ2n) is 3.53. The Bertz CT molecular complexity index is 493. The van der Waals surface area contributed by atoms with Crippen molar-refractivity contribution in [3.63, 3.8) is 0 Å². The first-order valence-corrected chi connectivity index (χ1v) is 5.03. The Kier molecular flexibility index (Phi) is 3.04. The van der Waals surface area contributed by atoms with Gasteiger partial charge >= 0.3 is 5.97 Å². The summed E-state index contributed by atoms with van der Waals surface area (Å²) in [6.45, 7) is 1.58. The molecule has 2 N–H and O–H groups in total. The van der Waals surface area contributed by atoms with Crippen LogP contribution < -0.4 is 5.32 Å². The van der Waals surface area contributed by atoms with Crippen molar-refractivity contribution in [2.24, 2.45) is 0 Å². The molecular formula is C11H11N3O3. The van der Waals surface area contributed by atoms with E-state index in [0.717, 1.165) is 11.3 Å². The van der Waals surface area contributed by atoms with Crippen LogP contribution in [-0.2, 0) is 4.79 Å². The third-order valence-electron chi connectivity index (χ3n) is 2.25. The van der Waals surface area contributed by atoms with Gasteiger partial charge in [-0.1, -0.05) is 0 Å². The Labute approximate surface area is 97.3 Å². The highest BCUT2D eigenvalue weighted by Crippen LogP contribution is 2.19.